The smallest absolute Gasteiger partial charge is 0.251 e. The van der Waals surface area contributed by atoms with Crippen LogP contribution in [0.25, 0.3) is 11.4 Å². The highest BCUT2D eigenvalue weighted by Crippen LogP contribution is 2.18. The van der Waals surface area contributed by atoms with Crippen LogP contribution in [0.15, 0.2) is 35.1 Å². The van der Waals surface area contributed by atoms with E-state index in [9.17, 15) is 4.79 Å². The largest absolute Gasteiger partial charge is 0.378 e. The van der Waals surface area contributed by atoms with E-state index in [0.717, 1.165) is 5.56 Å². The summed E-state index contributed by atoms with van der Waals surface area (Å²) in [5.41, 5.74) is 1.15. The molecule has 0 saturated heterocycles. The van der Waals surface area contributed by atoms with Crippen LogP contribution in [0.1, 0.15) is 5.69 Å². The molecule has 0 saturated carbocycles. The molecule has 1 N–H and O–H groups in total. The topological polar surface area (TPSA) is 55.0 Å². The molecule has 4 nitrogen and oxygen atoms in total. The molecular weight excluding hydrogens is 240 g/mol. The number of methoxy groups -OCH3 is 1. The average Bonchev–Trinajstić information content (AvgIpc) is 2.28. The molecular formula is C12H11ClN2O2. The first-order chi connectivity index (χ1) is 8.19. The van der Waals surface area contributed by atoms with Gasteiger partial charge in [0.2, 0.25) is 0 Å². The maximum Gasteiger partial charge on any atom is 0.251 e. The van der Waals surface area contributed by atoms with E-state index in [4.69, 9.17) is 16.3 Å². The highest BCUT2D eigenvalue weighted by atomic mass is 35.5. The predicted octanol–water partition coefficient (Wildman–Crippen LogP) is 2.24. The van der Waals surface area contributed by atoms with Crippen LogP contribution >= 0.6 is 11.6 Å². The molecule has 1 aromatic heterocycles. The van der Waals surface area contributed by atoms with Gasteiger partial charge in [-0.25, -0.2) is 4.98 Å². The van der Waals surface area contributed by atoms with Crippen LogP contribution in [0.5, 0.6) is 0 Å². The monoisotopic (exact) mass is 250 g/mol. The first-order valence-corrected chi connectivity index (χ1v) is 5.42. The molecule has 2 rings (SSSR count). The third-order valence-corrected chi connectivity index (χ3v) is 2.42. The molecule has 0 spiro atoms. The molecule has 1 heterocycles. The zero-order chi connectivity index (χ0) is 12.3. The van der Waals surface area contributed by atoms with Crippen LogP contribution in [0, 0.1) is 0 Å². The number of ether oxygens (including phenoxy) is 1. The highest BCUT2D eigenvalue weighted by molar-refractivity contribution is 6.30. The molecule has 0 amide bonds. The quantitative estimate of drug-likeness (QED) is 0.909. The maximum absolute atomic E-state index is 11.5. The number of hydrogen-bond donors (Lipinski definition) is 1. The van der Waals surface area contributed by atoms with Gasteiger partial charge in [-0.05, 0) is 12.1 Å². The summed E-state index contributed by atoms with van der Waals surface area (Å²) in [5, 5.41) is 0.599. The summed E-state index contributed by atoms with van der Waals surface area (Å²) in [6.07, 6.45) is 0. The third-order valence-electron chi connectivity index (χ3n) is 2.18. The Morgan fingerprint density at radius 1 is 1.41 bits per heavy atom. The minimum atomic E-state index is -0.206. The summed E-state index contributed by atoms with van der Waals surface area (Å²) >= 11 is 5.89. The van der Waals surface area contributed by atoms with Crippen molar-refractivity contribution in [1.29, 1.82) is 0 Å². The Morgan fingerprint density at radius 2 is 2.24 bits per heavy atom. The number of benzene rings is 1. The summed E-state index contributed by atoms with van der Waals surface area (Å²) < 4.78 is 4.96. The Hall–Kier alpha value is -1.65. The SMILES string of the molecule is COCc1cc(=O)[nH]c(-c2cccc(Cl)c2)n1. The van der Waals surface area contributed by atoms with Gasteiger partial charge in [0.15, 0.2) is 0 Å². The van der Waals surface area contributed by atoms with Gasteiger partial charge in [-0.2, -0.15) is 0 Å². The number of aromatic amines is 1. The molecule has 0 atom stereocenters. The van der Waals surface area contributed by atoms with E-state index in [1.54, 1.807) is 25.3 Å². The van der Waals surface area contributed by atoms with Gasteiger partial charge in [0.1, 0.15) is 5.82 Å². The van der Waals surface area contributed by atoms with Gasteiger partial charge >= 0.3 is 0 Å². The third kappa shape index (κ3) is 2.93. The van der Waals surface area contributed by atoms with Gasteiger partial charge < -0.3 is 9.72 Å². The van der Waals surface area contributed by atoms with Gasteiger partial charge in [0.05, 0.1) is 12.3 Å². The van der Waals surface area contributed by atoms with E-state index in [0.29, 0.717) is 23.1 Å². The van der Waals surface area contributed by atoms with Crippen molar-refractivity contribution in [2.24, 2.45) is 0 Å². The van der Waals surface area contributed by atoms with Crippen LogP contribution in [0.2, 0.25) is 5.02 Å². The molecule has 88 valence electrons. The molecule has 0 fully saturated rings. The Bertz CT molecular complexity index is 581. The van der Waals surface area contributed by atoms with Crippen molar-refractivity contribution in [2.45, 2.75) is 6.61 Å². The fourth-order valence-electron chi connectivity index (χ4n) is 1.50. The first kappa shape index (κ1) is 11.8. The fourth-order valence-corrected chi connectivity index (χ4v) is 1.69. The number of halogens is 1. The lowest BCUT2D eigenvalue weighted by Gasteiger charge is -2.04. The molecule has 1 aromatic carbocycles. The lowest BCUT2D eigenvalue weighted by molar-refractivity contribution is 0.181. The highest BCUT2D eigenvalue weighted by Gasteiger charge is 2.04. The molecule has 0 aliphatic rings. The van der Waals surface area contributed by atoms with E-state index < -0.39 is 0 Å². The van der Waals surface area contributed by atoms with Crippen LogP contribution in [0.4, 0.5) is 0 Å². The second-order valence-corrected chi connectivity index (χ2v) is 3.97. The van der Waals surface area contributed by atoms with E-state index in [1.807, 2.05) is 6.07 Å². The van der Waals surface area contributed by atoms with Crippen LogP contribution in [-0.2, 0) is 11.3 Å². The van der Waals surface area contributed by atoms with Crippen LogP contribution in [-0.4, -0.2) is 17.1 Å². The average molecular weight is 251 g/mol. The Labute approximate surface area is 103 Å². The van der Waals surface area contributed by atoms with Crippen molar-refractivity contribution in [3.05, 3.63) is 51.4 Å². The Balaban J connectivity index is 2.48. The van der Waals surface area contributed by atoms with E-state index in [2.05, 4.69) is 9.97 Å². The second-order valence-electron chi connectivity index (χ2n) is 3.53. The summed E-state index contributed by atoms with van der Waals surface area (Å²) in [6, 6.07) is 8.57. The predicted molar refractivity (Wildman–Crippen MR) is 66.0 cm³/mol. The summed E-state index contributed by atoms with van der Waals surface area (Å²) in [5.74, 6) is 0.493. The van der Waals surface area contributed by atoms with Crippen LogP contribution in [0.3, 0.4) is 0 Å². The first-order valence-electron chi connectivity index (χ1n) is 5.04. The van der Waals surface area contributed by atoms with E-state index in [1.165, 1.54) is 6.07 Å². The zero-order valence-corrected chi connectivity index (χ0v) is 9.99. The van der Waals surface area contributed by atoms with E-state index >= 15 is 0 Å². The van der Waals surface area contributed by atoms with Crippen molar-refractivity contribution in [3.63, 3.8) is 0 Å². The van der Waals surface area contributed by atoms with Crippen molar-refractivity contribution in [3.8, 4) is 11.4 Å². The molecule has 2 aromatic rings. The second kappa shape index (κ2) is 5.12. The van der Waals surface area contributed by atoms with Crippen molar-refractivity contribution < 1.29 is 4.74 Å². The minimum absolute atomic E-state index is 0.206. The number of aromatic nitrogens is 2. The number of nitrogens with one attached hydrogen (secondary N) is 1. The molecule has 5 heteroatoms. The molecule has 0 aliphatic carbocycles. The van der Waals surface area contributed by atoms with Gasteiger partial charge in [-0.1, -0.05) is 23.7 Å². The van der Waals surface area contributed by atoms with Gasteiger partial charge in [0, 0.05) is 23.8 Å². The Morgan fingerprint density at radius 3 is 2.94 bits per heavy atom. The summed E-state index contributed by atoms with van der Waals surface area (Å²) in [6.45, 7) is 0.303. The lowest BCUT2D eigenvalue weighted by atomic mass is 10.2. The molecule has 17 heavy (non-hydrogen) atoms. The van der Waals surface area contributed by atoms with Crippen LogP contribution < -0.4 is 5.56 Å². The number of hydrogen-bond acceptors (Lipinski definition) is 3. The molecule has 0 radical (unpaired) electrons. The van der Waals surface area contributed by atoms with E-state index in [-0.39, 0.29) is 5.56 Å². The van der Waals surface area contributed by atoms with Crippen molar-refractivity contribution >= 4 is 11.6 Å². The molecule has 0 unspecified atom stereocenters. The summed E-state index contributed by atoms with van der Waals surface area (Å²) in [7, 11) is 1.56. The number of nitrogens with zero attached hydrogens (tertiary/aromatic N) is 1. The molecule has 0 bridgehead atoms. The van der Waals surface area contributed by atoms with Crippen molar-refractivity contribution in [1.82, 2.24) is 9.97 Å². The normalized spacial score (nSPS) is 10.5. The Kier molecular flexibility index (Phi) is 3.56. The van der Waals surface area contributed by atoms with Gasteiger partial charge in [-0.3, -0.25) is 4.79 Å². The van der Waals surface area contributed by atoms with Crippen molar-refractivity contribution in [2.75, 3.05) is 7.11 Å². The standard InChI is InChI=1S/C12H11ClN2O2/c1-17-7-10-6-11(16)15-12(14-10)8-3-2-4-9(13)5-8/h2-6H,7H2,1H3,(H,14,15,16). The lowest BCUT2D eigenvalue weighted by Crippen LogP contribution is -2.10. The van der Waals surface area contributed by atoms with Gasteiger partial charge in [-0.15, -0.1) is 0 Å². The minimum Gasteiger partial charge on any atom is -0.378 e. The maximum atomic E-state index is 11.5. The summed E-state index contributed by atoms with van der Waals surface area (Å²) in [4.78, 5) is 18.4. The van der Waals surface area contributed by atoms with Gasteiger partial charge in [0.25, 0.3) is 5.56 Å². The fraction of sp³-hybridized carbons (Fsp3) is 0.167. The number of rotatable bonds is 3. The zero-order valence-electron chi connectivity index (χ0n) is 9.24. The molecule has 0 aliphatic heterocycles. The number of H-pyrrole nitrogens is 1.